The average Bonchev–Trinajstić information content (AvgIpc) is 2.45. The summed E-state index contributed by atoms with van der Waals surface area (Å²) < 4.78 is 0. The molecule has 0 bridgehead atoms. The highest BCUT2D eigenvalue weighted by atomic mass is 14.9. The molecule has 2 aromatic rings. The molecule has 3 N–H and O–H groups in total. The first-order valence-corrected chi connectivity index (χ1v) is 7.28. The Hall–Kier alpha value is -1.38. The van der Waals surface area contributed by atoms with E-state index in [1.54, 1.807) is 0 Å². The topological polar surface area (TPSA) is 38.0 Å². The number of nitrogens with one attached hydrogen (secondary N) is 1. The predicted molar refractivity (Wildman–Crippen MR) is 81.0 cm³/mol. The predicted octanol–water partition coefficient (Wildman–Crippen LogP) is 3.20. The van der Waals surface area contributed by atoms with E-state index in [4.69, 9.17) is 5.73 Å². The van der Waals surface area contributed by atoms with E-state index in [2.05, 4.69) is 47.8 Å². The van der Waals surface area contributed by atoms with Crippen LogP contribution in [-0.2, 0) is 6.54 Å². The zero-order chi connectivity index (χ0) is 13.1. The zero-order valence-corrected chi connectivity index (χ0v) is 11.3. The molecule has 2 nitrogen and oxygen atoms in total. The number of hydrogen-bond acceptors (Lipinski definition) is 2. The van der Waals surface area contributed by atoms with E-state index in [0.717, 1.165) is 13.0 Å². The summed E-state index contributed by atoms with van der Waals surface area (Å²) in [4.78, 5) is 0. The summed E-state index contributed by atoms with van der Waals surface area (Å²) in [5.74, 6) is 0. The van der Waals surface area contributed by atoms with Gasteiger partial charge in [0.05, 0.1) is 0 Å². The van der Waals surface area contributed by atoms with Crippen molar-refractivity contribution in [3.8, 4) is 0 Å². The molecule has 0 spiro atoms. The number of benzene rings is 2. The van der Waals surface area contributed by atoms with Gasteiger partial charge in [-0.25, -0.2) is 0 Å². The van der Waals surface area contributed by atoms with Gasteiger partial charge in [-0.3, -0.25) is 0 Å². The van der Waals surface area contributed by atoms with E-state index in [1.807, 2.05) is 0 Å². The molecule has 19 heavy (non-hydrogen) atoms. The molecule has 2 heteroatoms. The molecule has 0 heterocycles. The quantitative estimate of drug-likeness (QED) is 0.882. The lowest BCUT2D eigenvalue weighted by molar-refractivity contribution is 0.339. The lowest BCUT2D eigenvalue weighted by atomic mass is 9.91. The number of nitrogens with two attached hydrogens (primary N) is 1. The lowest BCUT2D eigenvalue weighted by Gasteiger charge is -2.27. The fourth-order valence-corrected chi connectivity index (χ4v) is 3.11. The van der Waals surface area contributed by atoms with Crippen molar-refractivity contribution in [2.75, 3.05) is 0 Å². The van der Waals surface area contributed by atoms with Gasteiger partial charge >= 0.3 is 0 Å². The Morgan fingerprint density at radius 3 is 2.79 bits per heavy atom. The van der Waals surface area contributed by atoms with Crippen LogP contribution in [0, 0.1) is 0 Å². The van der Waals surface area contributed by atoms with Crippen molar-refractivity contribution in [3.05, 3.63) is 48.0 Å². The van der Waals surface area contributed by atoms with Gasteiger partial charge in [0, 0.05) is 18.6 Å². The summed E-state index contributed by atoms with van der Waals surface area (Å²) >= 11 is 0. The second kappa shape index (κ2) is 5.72. The maximum Gasteiger partial charge on any atom is 0.0214 e. The van der Waals surface area contributed by atoms with Crippen molar-refractivity contribution in [2.45, 2.75) is 44.3 Å². The minimum absolute atomic E-state index is 0.388. The second-order valence-electron chi connectivity index (χ2n) is 5.64. The first-order chi connectivity index (χ1) is 9.33. The molecule has 0 amide bonds. The molecular weight excluding hydrogens is 232 g/mol. The minimum Gasteiger partial charge on any atom is -0.328 e. The summed E-state index contributed by atoms with van der Waals surface area (Å²) in [6.45, 7) is 0.943. The molecule has 0 radical (unpaired) electrons. The van der Waals surface area contributed by atoms with Crippen molar-refractivity contribution in [2.24, 2.45) is 5.73 Å². The average molecular weight is 254 g/mol. The molecule has 1 fully saturated rings. The maximum absolute atomic E-state index is 6.04. The third-order valence-corrected chi connectivity index (χ3v) is 4.18. The fraction of sp³-hybridized carbons (Fsp3) is 0.412. The Kier molecular flexibility index (Phi) is 3.81. The molecular formula is C17H22N2. The smallest absolute Gasteiger partial charge is 0.0214 e. The van der Waals surface area contributed by atoms with Crippen molar-refractivity contribution < 1.29 is 0 Å². The Labute approximate surface area is 115 Å². The normalized spacial score (nSPS) is 23.6. The molecule has 2 unspecified atom stereocenters. The van der Waals surface area contributed by atoms with Gasteiger partial charge in [-0.1, -0.05) is 48.9 Å². The van der Waals surface area contributed by atoms with E-state index in [9.17, 15) is 0 Å². The van der Waals surface area contributed by atoms with Crippen LogP contribution in [0.3, 0.4) is 0 Å². The Bertz CT molecular complexity index is 544. The van der Waals surface area contributed by atoms with E-state index in [0.29, 0.717) is 12.1 Å². The first kappa shape index (κ1) is 12.6. The van der Waals surface area contributed by atoms with Crippen LogP contribution in [-0.4, -0.2) is 12.1 Å². The Balaban J connectivity index is 1.71. The summed E-state index contributed by atoms with van der Waals surface area (Å²) in [7, 11) is 0. The maximum atomic E-state index is 6.04. The molecule has 1 aliphatic rings. The lowest BCUT2D eigenvalue weighted by Crippen LogP contribution is -2.39. The third kappa shape index (κ3) is 2.96. The van der Waals surface area contributed by atoms with Crippen LogP contribution in [0.4, 0.5) is 0 Å². The van der Waals surface area contributed by atoms with Gasteiger partial charge in [0.1, 0.15) is 0 Å². The molecule has 0 saturated heterocycles. The molecule has 100 valence electrons. The molecule has 2 atom stereocenters. The van der Waals surface area contributed by atoms with Gasteiger partial charge < -0.3 is 11.1 Å². The largest absolute Gasteiger partial charge is 0.328 e. The van der Waals surface area contributed by atoms with Gasteiger partial charge in [0.25, 0.3) is 0 Å². The second-order valence-corrected chi connectivity index (χ2v) is 5.64. The summed E-state index contributed by atoms with van der Waals surface area (Å²) in [5, 5.41) is 6.36. The molecule has 2 aromatic carbocycles. The van der Waals surface area contributed by atoms with E-state index in [-0.39, 0.29) is 0 Å². The standard InChI is InChI=1S/C17H22N2/c18-15-8-4-9-16(11-15)19-12-14-7-3-6-13-5-1-2-10-17(13)14/h1-3,5-7,10,15-16,19H,4,8-9,11-12,18H2. The number of fused-ring (bicyclic) bond motifs is 1. The van der Waals surface area contributed by atoms with Gasteiger partial charge in [-0.2, -0.15) is 0 Å². The fourth-order valence-electron chi connectivity index (χ4n) is 3.11. The van der Waals surface area contributed by atoms with E-state index < -0.39 is 0 Å². The van der Waals surface area contributed by atoms with Gasteiger partial charge in [-0.05, 0) is 35.6 Å². The highest BCUT2D eigenvalue weighted by molar-refractivity contribution is 5.85. The molecule has 1 saturated carbocycles. The molecule has 3 rings (SSSR count). The highest BCUT2D eigenvalue weighted by Crippen LogP contribution is 2.20. The summed E-state index contributed by atoms with van der Waals surface area (Å²) in [6, 6.07) is 16.1. The Morgan fingerprint density at radius 1 is 1.05 bits per heavy atom. The first-order valence-electron chi connectivity index (χ1n) is 7.28. The van der Waals surface area contributed by atoms with Crippen LogP contribution in [0.25, 0.3) is 10.8 Å². The van der Waals surface area contributed by atoms with Crippen molar-refractivity contribution >= 4 is 10.8 Å². The molecule has 1 aliphatic carbocycles. The van der Waals surface area contributed by atoms with Crippen molar-refractivity contribution in [3.63, 3.8) is 0 Å². The summed E-state index contributed by atoms with van der Waals surface area (Å²) in [5.41, 5.74) is 7.43. The third-order valence-electron chi connectivity index (χ3n) is 4.18. The molecule has 0 aromatic heterocycles. The minimum atomic E-state index is 0.388. The molecule has 0 aliphatic heterocycles. The van der Waals surface area contributed by atoms with Crippen molar-refractivity contribution in [1.29, 1.82) is 0 Å². The van der Waals surface area contributed by atoms with Gasteiger partial charge in [0.2, 0.25) is 0 Å². The van der Waals surface area contributed by atoms with Crippen LogP contribution in [0.5, 0.6) is 0 Å². The van der Waals surface area contributed by atoms with Crippen molar-refractivity contribution in [1.82, 2.24) is 5.32 Å². The van der Waals surface area contributed by atoms with Crippen LogP contribution in [0.1, 0.15) is 31.2 Å². The SMILES string of the molecule is NC1CCCC(NCc2cccc3ccccc23)C1. The van der Waals surface area contributed by atoms with Gasteiger partial charge in [-0.15, -0.1) is 0 Å². The van der Waals surface area contributed by atoms with Crippen LogP contribution in [0.15, 0.2) is 42.5 Å². The Morgan fingerprint density at radius 2 is 1.89 bits per heavy atom. The highest BCUT2D eigenvalue weighted by Gasteiger charge is 2.18. The zero-order valence-electron chi connectivity index (χ0n) is 11.3. The number of rotatable bonds is 3. The van der Waals surface area contributed by atoms with E-state index >= 15 is 0 Å². The van der Waals surface area contributed by atoms with Crippen LogP contribution in [0.2, 0.25) is 0 Å². The van der Waals surface area contributed by atoms with Crippen LogP contribution >= 0.6 is 0 Å². The number of hydrogen-bond donors (Lipinski definition) is 2. The van der Waals surface area contributed by atoms with Crippen LogP contribution < -0.4 is 11.1 Å². The van der Waals surface area contributed by atoms with Gasteiger partial charge in [0.15, 0.2) is 0 Å². The van der Waals surface area contributed by atoms with E-state index in [1.165, 1.54) is 35.6 Å². The monoisotopic (exact) mass is 254 g/mol. The summed E-state index contributed by atoms with van der Waals surface area (Å²) in [6.07, 6.45) is 4.82.